The molecule has 0 aromatic heterocycles. The van der Waals surface area contributed by atoms with Crippen LogP contribution in [0.1, 0.15) is 25.0 Å². The Morgan fingerprint density at radius 1 is 1.12 bits per heavy atom. The zero-order valence-electron chi connectivity index (χ0n) is 14.5. The average Bonchev–Trinajstić information content (AvgIpc) is 2.54. The summed E-state index contributed by atoms with van der Waals surface area (Å²) in [6.07, 6.45) is 0.821. The summed E-state index contributed by atoms with van der Waals surface area (Å²) in [6, 6.07) is 8.38. The van der Waals surface area contributed by atoms with Gasteiger partial charge in [-0.05, 0) is 23.5 Å². The average molecular weight is 374 g/mol. The van der Waals surface area contributed by atoms with Crippen LogP contribution in [0.15, 0.2) is 24.3 Å². The lowest BCUT2D eigenvalue weighted by Gasteiger charge is -2.38. The Labute approximate surface area is 157 Å². The summed E-state index contributed by atoms with van der Waals surface area (Å²) in [4.78, 5) is 17.3. The molecular formula is C18H29Cl2N3O. The number of fused-ring (bicyclic) bond motifs is 1. The molecule has 1 unspecified atom stereocenters. The Kier molecular flexibility index (Phi) is 8.51. The van der Waals surface area contributed by atoms with E-state index in [4.69, 9.17) is 0 Å². The molecule has 1 N–H and O–H groups in total. The van der Waals surface area contributed by atoms with Gasteiger partial charge in [0, 0.05) is 39.3 Å². The van der Waals surface area contributed by atoms with E-state index in [2.05, 4.69) is 48.3 Å². The molecule has 24 heavy (non-hydrogen) atoms. The molecule has 0 bridgehead atoms. The quantitative estimate of drug-likeness (QED) is 0.882. The van der Waals surface area contributed by atoms with E-state index in [0.29, 0.717) is 5.92 Å². The maximum Gasteiger partial charge on any atom is 0.240 e. The molecule has 1 fully saturated rings. The highest BCUT2D eigenvalue weighted by molar-refractivity contribution is 5.85. The van der Waals surface area contributed by atoms with Crippen molar-refractivity contribution in [3.63, 3.8) is 0 Å². The lowest BCUT2D eigenvalue weighted by molar-refractivity contribution is -0.135. The molecule has 0 spiro atoms. The zero-order chi connectivity index (χ0) is 15.5. The number of piperazine rings is 1. The Bertz CT molecular complexity index is 531. The standard InChI is InChI=1S/C18H27N3O.2ClH/c1-14(2)13-20-7-9-21(10-8-20)18(22)17-11-15-5-3-4-6-16(15)12-19-17;;/h3-6,14,17,19H,7-13H2,1-2H3;2*1H. The lowest BCUT2D eigenvalue weighted by Crippen LogP contribution is -2.55. The van der Waals surface area contributed by atoms with Crippen LogP contribution in [0.3, 0.4) is 0 Å². The third-order valence-corrected chi connectivity index (χ3v) is 4.69. The van der Waals surface area contributed by atoms with E-state index in [1.807, 2.05) is 4.90 Å². The number of amides is 1. The van der Waals surface area contributed by atoms with Gasteiger partial charge in [-0.3, -0.25) is 9.69 Å². The summed E-state index contributed by atoms with van der Waals surface area (Å²) in [5, 5.41) is 3.41. The number of carbonyl (C=O) groups excluding carboxylic acids is 1. The second kappa shape index (κ2) is 9.62. The van der Waals surface area contributed by atoms with Crippen molar-refractivity contribution in [2.45, 2.75) is 32.9 Å². The van der Waals surface area contributed by atoms with Crippen molar-refractivity contribution in [3.8, 4) is 0 Å². The Morgan fingerprint density at radius 2 is 1.75 bits per heavy atom. The van der Waals surface area contributed by atoms with E-state index >= 15 is 0 Å². The van der Waals surface area contributed by atoms with Gasteiger partial charge in [0.2, 0.25) is 5.91 Å². The van der Waals surface area contributed by atoms with Crippen LogP contribution in [0.4, 0.5) is 0 Å². The van der Waals surface area contributed by atoms with E-state index in [9.17, 15) is 4.79 Å². The van der Waals surface area contributed by atoms with Crippen LogP contribution in [-0.2, 0) is 17.8 Å². The highest BCUT2D eigenvalue weighted by Crippen LogP contribution is 2.18. The Morgan fingerprint density at radius 3 is 2.38 bits per heavy atom. The van der Waals surface area contributed by atoms with Crippen LogP contribution in [0, 0.1) is 5.92 Å². The van der Waals surface area contributed by atoms with Crippen molar-refractivity contribution in [2.75, 3.05) is 32.7 Å². The Balaban J connectivity index is 0.00000144. The topological polar surface area (TPSA) is 35.6 Å². The zero-order valence-corrected chi connectivity index (χ0v) is 16.2. The third kappa shape index (κ3) is 5.09. The fourth-order valence-corrected chi connectivity index (χ4v) is 3.52. The van der Waals surface area contributed by atoms with Gasteiger partial charge in [-0.2, -0.15) is 0 Å². The van der Waals surface area contributed by atoms with E-state index in [1.165, 1.54) is 11.1 Å². The van der Waals surface area contributed by atoms with Crippen LogP contribution < -0.4 is 5.32 Å². The smallest absolute Gasteiger partial charge is 0.240 e. The summed E-state index contributed by atoms with van der Waals surface area (Å²) in [5.74, 6) is 0.970. The summed E-state index contributed by atoms with van der Waals surface area (Å²) < 4.78 is 0. The molecule has 0 radical (unpaired) electrons. The molecule has 2 aliphatic rings. The van der Waals surface area contributed by atoms with Gasteiger partial charge in [-0.25, -0.2) is 0 Å². The minimum Gasteiger partial charge on any atom is -0.339 e. The van der Waals surface area contributed by atoms with Gasteiger partial charge in [-0.1, -0.05) is 38.1 Å². The highest BCUT2D eigenvalue weighted by Gasteiger charge is 2.29. The molecule has 1 saturated heterocycles. The number of carbonyl (C=O) groups is 1. The molecule has 1 aromatic carbocycles. The number of rotatable bonds is 3. The molecule has 3 rings (SSSR count). The van der Waals surface area contributed by atoms with Crippen LogP contribution >= 0.6 is 24.8 Å². The van der Waals surface area contributed by atoms with Crippen LogP contribution in [0.2, 0.25) is 0 Å². The maximum absolute atomic E-state index is 12.7. The van der Waals surface area contributed by atoms with Gasteiger partial charge in [0.05, 0.1) is 6.04 Å². The SMILES string of the molecule is CC(C)CN1CCN(C(=O)C2Cc3ccccc3CN2)CC1.Cl.Cl. The molecule has 4 nitrogen and oxygen atoms in total. The van der Waals surface area contributed by atoms with E-state index < -0.39 is 0 Å². The summed E-state index contributed by atoms with van der Waals surface area (Å²) in [7, 11) is 0. The van der Waals surface area contributed by atoms with E-state index in [-0.39, 0.29) is 36.8 Å². The van der Waals surface area contributed by atoms with Gasteiger partial charge in [-0.15, -0.1) is 24.8 Å². The first kappa shape index (κ1) is 21.2. The molecule has 2 aliphatic heterocycles. The number of nitrogens with zero attached hydrogens (tertiary/aromatic N) is 2. The van der Waals surface area contributed by atoms with Crippen LogP contribution in [-0.4, -0.2) is 54.5 Å². The van der Waals surface area contributed by atoms with Crippen molar-refractivity contribution in [3.05, 3.63) is 35.4 Å². The molecular weight excluding hydrogens is 345 g/mol. The van der Waals surface area contributed by atoms with E-state index in [1.54, 1.807) is 0 Å². The normalized spacial score (nSPS) is 20.8. The molecule has 136 valence electrons. The molecule has 0 saturated carbocycles. The fourth-order valence-electron chi connectivity index (χ4n) is 3.52. The first-order valence-electron chi connectivity index (χ1n) is 8.45. The number of benzene rings is 1. The first-order valence-corrected chi connectivity index (χ1v) is 8.45. The molecule has 1 aromatic rings. The Hall–Kier alpha value is -0.810. The van der Waals surface area contributed by atoms with E-state index in [0.717, 1.165) is 45.7 Å². The predicted molar refractivity (Wildman–Crippen MR) is 103 cm³/mol. The first-order chi connectivity index (χ1) is 10.6. The van der Waals surface area contributed by atoms with Crippen LogP contribution in [0.5, 0.6) is 0 Å². The monoisotopic (exact) mass is 373 g/mol. The third-order valence-electron chi connectivity index (χ3n) is 4.69. The second-order valence-electron chi connectivity index (χ2n) is 6.93. The largest absolute Gasteiger partial charge is 0.339 e. The molecule has 2 heterocycles. The van der Waals surface area contributed by atoms with Crippen molar-refractivity contribution in [2.24, 2.45) is 5.92 Å². The molecule has 0 aliphatic carbocycles. The number of halogens is 2. The van der Waals surface area contributed by atoms with Gasteiger partial charge < -0.3 is 10.2 Å². The molecule has 6 heteroatoms. The number of nitrogens with one attached hydrogen (secondary N) is 1. The van der Waals surface area contributed by atoms with Gasteiger partial charge in [0.25, 0.3) is 0 Å². The lowest BCUT2D eigenvalue weighted by atomic mass is 9.95. The van der Waals surface area contributed by atoms with Gasteiger partial charge >= 0.3 is 0 Å². The molecule has 1 atom stereocenters. The van der Waals surface area contributed by atoms with Gasteiger partial charge in [0.15, 0.2) is 0 Å². The van der Waals surface area contributed by atoms with Crippen LogP contribution in [0.25, 0.3) is 0 Å². The molecule has 1 amide bonds. The van der Waals surface area contributed by atoms with Crippen molar-refractivity contribution in [1.29, 1.82) is 0 Å². The van der Waals surface area contributed by atoms with Crippen molar-refractivity contribution >= 4 is 30.7 Å². The highest BCUT2D eigenvalue weighted by atomic mass is 35.5. The summed E-state index contributed by atoms with van der Waals surface area (Å²) in [6.45, 7) is 10.2. The van der Waals surface area contributed by atoms with Crippen molar-refractivity contribution < 1.29 is 4.79 Å². The minimum atomic E-state index is -0.0495. The maximum atomic E-state index is 12.7. The predicted octanol–water partition coefficient (Wildman–Crippen LogP) is 2.34. The van der Waals surface area contributed by atoms with Crippen molar-refractivity contribution in [1.82, 2.24) is 15.1 Å². The number of hydrogen-bond donors (Lipinski definition) is 1. The summed E-state index contributed by atoms with van der Waals surface area (Å²) in [5.41, 5.74) is 2.64. The summed E-state index contributed by atoms with van der Waals surface area (Å²) >= 11 is 0. The fraction of sp³-hybridized carbons (Fsp3) is 0.611. The van der Waals surface area contributed by atoms with Gasteiger partial charge in [0.1, 0.15) is 0 Å². The number of hydrogen-bond acceptors (Lipinski definition) is 3. The minimum absolute atomic E-state index is 0. The second-order valence-corrected chi connectivity index (χ2v) is 6.93.